The van der Waals surface area contributed by atoms with Crippen LogP contribution >= 0.6 is 12.4 Å². The second-order valence-electron chi connectivity index (χ2n) is 3.75. The average Bonchev–Trinajstić information content (AvgIpc) is 2.16. The SMILES string of the molecule is Cc1ccc2c(c1)CC(C(=O)O)NC2.Cl. The Bertz CT molecular complexity index is 379. The molecule has 0 aromatic heterocycles. The van der Waals surface area contributed by atoms with Crippen molar-refractivity contribution in [2.75, 3.05) is 0 Å². The van der Waals surface area contributed by atoms with Crippen molar-refractivity contribution in [3.8, 4) is 0 Å². The fourth-order valence-electron chi connectivity index (χ4n) is 1.82. The average molecular weight is 228 g/mol. The molecule has 4 heteroatoms. The maximum atomic E-state index is 10.8. The van der Waals surface area contributed by atoms with E-state index in [9.17, 15) is 4.79 Å². The van der Waals surface area contributed by atoms with Gasteiger partial charge in [-0.15, -0.1) is 12.4 Å². The lowest BCUT2D eigenvalue weighted by atomic mass is 9.94. The third kappa shape index (κ3) is 2.49. The van der Waals surface area contributed by atoms with Crippen molar-refractivity contribution >= 4 is 18.4 Å². The van der Waals surface area contributed by atoms with Crippen LogP contribution in [-0.2, 0) is 17.8 Å². The summed E-state index contributed by atoms with van der Waals surface area (Å²) in [5.41, 5.74) is 3.57. The molecule has 2 N–H and O–H groups in total. The van der Waals surface area contributed by atoms with E-state index in [1.165, 1.54) is 11.1 Å². The number of carboxylic acid groups (broad SMARTS) is 1. The lowest BCUT2D eigenvalue weighted by Crippen LogP contribution is -2.41. The summed E-state index contributed by atoms with van der Waals surface area (Å²) < 4.78 is 0. The third-order valence-electron chi connectivity index (χ3n) is 2.62. The van der Waals surface area contributed by atoms with Crippen molar-refractivity contribution in [1.29, 1.82) is 0 Å². The Morgan fingerprint density at radius 1 is 1.47 bits per heavy atom. The fourth-order valence-corrected chi connectivity index (χ4v) is 1.82. The molecule has 82 valence electrons. The summed E-state index contributed by atoms with van der Waals surface area (Å²) in [6, 6.07) is 5.77. The monoisotopic (exact) mass is 227 g/mol. The van der Waals surface area contributed by atoms with Crippen molar-refractivity contribution in [3.05, 3.63) is 34.9 Å². The van der Waals surface area contributed by atoms with E-state index < -0.39 is 12.0 Å². The molecule has 0 amide bonds. The number of aliphatic carboxylic acids is 1. The molecule has 1 aliphatic rings. The molecule has 0 aliphatic carbocycles. The Hall–Kier alpha value is -1.06. The summed E-state index contributed by atoms with van der Waals surface area (Å²) in [6.07, 6.45) is 0.590. The summed E-state index contributed by atoms with van der Waals surface area (Å²) in [5.74, 6) is -0.767. The lowest BCUT2D eigenvalue weighted by molar-refractivity contribution is -0.139. The van der Waals surface area contributed by atoms with Crippen LogP contribution in [0.2, 0.25) is 0 Å². The zero-order valence-electron chi connectivity index (χ0n) is 8.49. The van der Waals surface area contributed by atoms with Crippen LogP contribution < -0.4 is 5.32 Å². The highest BCUT2D eigenvalue weighted by Gasteiger charge is 2.23. The Kier molecular flexibility index (Phi) is 3.72. The van der Waals surface area contributed by atoms with Gasteiger partial charge in [-0.1, -0.05) is 23.8 Å². The van der Waals surface area contributed by atoms with Crippen molar-refractivity contribution in [2.24, 2.45) is 0 Å². The van der Waals surface area contributed by atoms with Crippen molar-refractivity contribution in [2.45, 2.75) is 25.9 Å². The number of nitrogens with one attached hydrogen (secondary N) is 1. The van der Waals surface area contributed by atoms with Crippen LogP contribution in [0.3, 0.4) is 0 Å². The van der Waals surface area contributed by atoms with Crippen molar-refractivity contribution in [3.63, 3.8) is 0 Å². The van der Waals surface area contributed by atoms with Gasteiger partial charge in [0.05, 0.1) is 0 Å². The Morgan fingerprint density at radius 2 is 2.20 bits per heavy atom. The molecular weight excluding hydrogens is 214 g/mol. The number of fused-ring (bicyclic) bond motifs is 1. The third-order valence-corrected chi connectivity index (χ3v) is 2.62. The van der Waals surface area contributed by atoms with Gasteiger partial charge in [0, 0.05) is 6.54 Å². The quantitative estimate of drug-likeness (QED) is 0.765. The van der Waals surface area contributed by atoms with Crippen LogP contribution in [0.1, 0.15) is 16.7 Å². The first-order chi connectivity index (χ1) is 6.66. The highest BCUT2D eigenvalue weighted by atomic mass is 35.5. The molecule has 15 heavy (non-hydrogen) atoms. The molecule has 0 saturated carbocycles. The van der Waals surface area contributed by atoms with E-state index in [2.05, 4.69) is 23.5 Å². The normalized spacial score (nSPS) is 18.9. The van der Waals surface area contributed by atoms with E-state index in [0.29, 0.717) is 13.0 Å². The first-order valence-corrected chi connectivity index (χ1v) is 4.71. The topological polar surface area (TPSA) is 49.3 Å². The number of rotatable bonds is 1. The highest BCUT2D eigenvalue weighted by Crippen LogP contribution is 2.18. The minimum Gasteiger partial charge on any atom is -0.480 e. The largest absolute Gasteiger partial charge is 0.480 e. The molecule has 0 saturated heterocycles. The van der Waals surface area contributed by atoms with Gasteiger partial charge in [-0.25, -0.2) is 0 Å². The maximum absolute atomic E-state index is 10.8. The van der Waals surface area contributed by atoms with E-state index in [1.807, 2.05) is 6.92 Å². The number of carbonyl (C=O) groups is 1. The Morgan fingerprint density at radius 3 is 2.87 bits per heavy atom. The van der Waals surface area contributed by atoms with E-state index in [0.717, 1.165) is 5.56 Å². The van der Waals surface area contributed by atoms with Crippen LogP contribution in [-0.4, -0.2) is 17.1 Å². The molecular formula is C11H14ClNO2. The summed E-state index contributed by atoms with van der Waals surface area (Å²) >= 11 is 0. The van der Waals surface area contributed by atoms with Crippen LogP contribution in [0.15, 0.2) is 18.2 Å². The number of carboxylic acids is 1. The van der Waals surface area contributed by atoms with E-state index in [4.69, 9.17) is 5.11 Å². The highest BCUT2D eigenvalue weighted by molar-refractivity contribution is 5.85. The van der Waals surface area contributed by atoms with Gasteiger partial charge in [0.25, 0.3) is 0 Å². The van der Waals surface area contributed by atoms with Crippen molar-refractivity contribution < 1.29 is 9.90 Å². The molecule has 1 aromatic carbocycles. The molecule has 2 rings (SSSR count). The summed E-state index contributed by atoms with van der Waals surface area (Å²) in [7, 11) is 0. The zero-order valence-corrected chi connectivity index (χ0v) is 9.30. The predicted octanol–water partition coefficient (Wildman–Crippen LogP) is 1.52. The van der Waals surface area contributed by atoms with Gasteiger partial charge in [-0.05, 0) is 24.5 Å². The van der Waals surface area contributed by atoms with Crippen molar-refractivity contribution in [1.82, 2.24) is 5.32 Å². The molecule has 3 nitrogen and oxygen atoms in total. The minimum atomic E-state index is -0.767. The first-order valence-electron chi connectivity index (χ1n) is 4.71. The zero-order chi connectivity index (χ0) is 10.1. The maximum Gasteiger partial charge on any atom is 0.321 e. The van der Waals surface area contributed by atoms with Gasteiger partial charge in [0.15, 0.2) is 0 Å². The summed E-state index contributed by atoms with van der Waals surface area (Å²) in [6.45, 7) is 2.69. The molecule has 1 heterocycles. The predicted molar refractivity (Wildman–Crippen MR) is 60.4 cm³/mol. The molecule has 0 radical (unpaired) electrons. The number of aryl methyl sites for hydroxylation is 1. The van der Waals surface area contributed by atoms with Gasteiger partial charge < -0.3 is 10.4 Å². The first kappa shape index (κ1) is 12.0. The van der Waals surface area contributed by atoms with Gasteiger partial charge in [0.1, 0.15) is 6.04 Å². The number of benzene rings is 1. The minimum absolute atomic E-state index is 0. The molecule has 1 aliphatic heterocycles. The van der Waals surface area contributed by atoms with Crippen LogP contribution in [0, 0.1) is 6.92 Å². The molecule has 1 atom stereocenters. The fraction of sp³-hybridized carbons (Fsp3) is 0.364. The Labute approximate surface area is 94.9 Å². The van der Waals surface area contributed by atoms with Gasteiger partial charge >= 0.3 is 5.97 Å². The molecule has 1 unspecified atom stereocenters. The van der Waals surface area contributed by atoms with Crippen LogP contribution in [0.4, 0.5) is 0 Å². The number of hydrogen-bond donors (Lipinski definition) is 2. The second kappa shape index (κ2) is 4.64. The van der Waals surface area contributed by atoms with E-state index in [-0.39, 0.29) is 12.4 Å². The van der Waals surface area contributed by atoms with E-state index >= 15 is 0 Å². The molecule has 1 aromatic rings. The van der Waals surface area contributed by atoms with E-state index in [1.54, 1.807) is 0 Å². The summed E-state index contributed by atoms with van der Waals surface area (Å²) in [5, 5.41) is 11.9. The van der Waals surface area contributed by atoms with Crippen LogP contribution in [0.5, 0.6) is 0 Å². The van der Waals surface area contributed by atoms with Gasteiger partial charge in [-0.2, -0.15) is 0 Å². The van der Waals surface area contributed by atoms with Crippen LogP contribution in [0.25, 0.3) is 0 Å². The molecule has 0 fully saturated rings. The smallest absolute Gasteiger partial charge is 0.321 e. The molecule has 0 spiro atoms. The lowest BCUT2D eigenvalue weighted by Gasteiger charge is -2.23. The Balaban J connectivity index is 0.00000112. The summed E-state index contributed by atoms with van der Waals surface area (Å²) in [4.78, 5) is 10.8. The second-order valence-corrected chi connectivity index (χ2v) is 3.75. The number of halogens is 1. The number of hydrogen-bond acceptors (Lipinski definition) is 2. The van der Waals surface area contributed by atoms with Gasteiger partial charge in [-0.3, -0.25) is 4.79 Å². The molecule has 0 bridgehead atoms. The van der Waals surface area contributed by atoms with Gasteiger partial charge in [0.2, 0.25) is 0 Å². The standard InChI is InChI=1S/C11H13NO2.ClH/c1-7-2-3-8-6-12-10(11(13)14)5-9(8)4-7;/h2-4,10,12H,5-6H2,1H3,(H,13,14);1H.